The van der Waals surface area contributed by atoms with Crippen molar-refractivity contribution in [1.82, 2.24) is 15.2 Å². The lowest BCUT2D eigenvalue weighted by molar-refractivity contribution is 0.326. The molecule has 0 saturated carbocycles. The van der Waals surface area contributed by atoms with Gasteiger partial charge in [0.25, 0.3) is 0 Å². The van der Waals surface area contributed by atoms with Crippen LogP contribution in [-0.4, -0.2) is 30.0 Å². The number of hydrogen-bond donors (Lipinski definition) is 1. The average Bonchev–Trinajstić information content (AvgIpc) is 2.98. The molecule has 2 aromatic rings. The number of furan rings is 1. The lowest BCUT2D eigenvalue weighted by Crippen LogP contribution is -2.28. The van der Waals surface area contributed by atoms with Crippen LogP contribution < -0.4 is 5.32 Å². The molecule has 0 bridgehead atoms. The van der Waals surface area contributed by atoms with Gasteiger partial charge in [-0.25, -0.2) is 4.98 Å². The maximum absolute atomic E-state index is 5.02. The summed E-state index contributed by atoms with van der Waals surface area (Å²) in [5.74, 6) is 0. The van der Waals surface area contributed by atoms with Crippen molar-refractivity contribution in [2.75, 3.05) is 20.1 Å². The third kappa shape index (κ3) is 3.94. The maximum Gasteiger partial charge on any atom is 0.0947 e. The Morgan fingerprint density at radius 3 is 3.06 bits per heavy atom. The van der Waals surface area contributed by atoms with Crippen LogP contribution in [0.5, 0.6) is 0 Å². The van der Waals surface area contributed by atoms with E-state index in [9.17, 15) is 0 Å². The molecule has 1 N–H and O–H groups in total. The summed E-state index contributed by atoms with van der Waals surface area (Å²) in [4.78, 5) is 7.93. The van der Waals surface area contributed by atoms with Crippen LogP contribution in [0.25, 0.3) is 0 Å². The fraction of sp³-hybridized carbons (Fsp3) is 0.462. The molecule has 2 aromatic heterocycles. The summed E-state index contributed by atoms with van der Waals surface area (Å²) < 4.78 is 5.02. The van der Waals surface area contributed by atoms with Crippen LogP contribution >= 0.6 is 11.3 Å². The van der Waals surface area contributed by atoms with Gasteiger partial charge in [-0.2, -0.15) is 0 Å². The van der Waals surface area contributed by atoms with Gasteiger partial charge < -0.3 is 9.73 Å². The monoisotopic (exact) mass is 265 g/mol. The number of nitrogens with zero attached hydrogens (tertiary/aromatic N) is 2. The SMILES string of the molecule is Cc1ncsc1CN(C)CCNCc1ccoc1. The predicted molar refractivity (Wildman–Crippen MR) is 73.6 cm³/mol. The molecule has 0 unspecified atom stereocenters. The van der Waals surface area contributed by atoms with Gasteiger partial charge in [-0.15, -0.1) is 11.3 Å². The van der Waals surface area contributed by atoms with Crippen LogP contribution in [-0.2, 0) is 13.1 Å². The Bertz CT molecular complexity index is 453. The zero-order valence-electron chi connectivity index (χ0n) is 10.8. The van der Waals surface area contributed by atoms with E-state index < -0.39 is 0 Å². The van der Waals surface area contributed by atoms with Gasteiger partial charge in [0.15, 0.2) is 0 Å². The van der Waals surface area contributed by atoms with Crippen molar-refractivity contribution < 1.29 is 4.42 Å². The number of nitrogens with one attached hydrogen (secondary N) is 1. The quantitative estimate of drug-likeness (QED) is 0.780. The van der Waals surface area contributed by atoms with Crippen LogP contribution in [0.15, 0.2) is 28.5 Å². The van der Waals surface area contributed by atoms with Crippen molar-refractivity contribution in [2.45, 2.75) is 20.0 Å². The Hall–Kier alpha value is -1.17. The van der Waals surface area contributed by atoms with Crippen molar-refractivity contribution in [3.63, 3.8) is 0 Å². The van der Waals surface area contributed by atoms with Gasteiger partial charge in [0.2, 0.25) is 0 Å². The van der Waals surface area contributed by atoms with Crippen LogP contribution in [0.1, 0.15) is 16.1 Å². The van der Waals surface area contributed by atoms with E-state index in [1.807, 2.05) is 11.6 Å². The van der Waals surface area contributed by atoms with E-state index in [1.54, 1.807) is 23.9 Å². The summed E-state index contributed by atoms with van der Waals surface area (Å²) in [7, 11) is 2.14. The normalized spacial score (nSPS) is 11.3. The summed E-state index contributed by atoms with van der Waals surface area (Å²) in [6.07, 6.45) is 3.48. The standard InChI is InChI=1S/C13H19N3OS/c1-11-13(18-10-15-11)8-16(2)5-4-14-7-12-3-6-17-9-12/h3,6,9-10,14H,4-5,7-8H2,1-2H3. The molecular weight excluding hydrogens is 246 g/mol. The molecule has 5 heteroatoms. The van der Waals surface area contributed by atoms with Crippen molar-refractivity contribution >= 4 is 11.3 Å². The molecule has 0 fully saturated rings. The molecule has 0 atom stereocenters. The van der Waals surface area contributed by atoms with Gasteiger partial charge in [0.05, 0.1) is 23.7 Å². The minimum Gasteiger partial charge on any atom is -0.472 e. The Morgan fingerprint density at radius 1 is 1.50 bits per heavy atom. The topological polar surface area (TPSA) is 41.3 Å². The number of hydrogen-bond acceptors (Lipinski definition) is 5. The van der Waals surface area contributed by atoms with E-state index in [2.05, 4.69) is 29.2 Å². The molecule has 0 spiro atoms. The van der Waals surface area contributed by atoms with Crippen LogP contribution in [0.2, 0.25) is 0 Å². The van der Waals surface area contributed by atoms with Gasteiger partial charge in [-0.1, -0.05) is 0 Å². The van der Waals surface area contributed by atoms with Gasteiger partial charge in [0, 0.05) is 36.6 Å². The smallest absolute Gasteiger partial charge is 0.0947 e. The summed E-state index contributed by atoms with van der Waals surface area (Å²) in [6.45, 7) is 5.90. The van der Waals surface area contributed by atoms with Gasteiger partial charge in [-0.05, 0) is 20.0 Å². The lowest BCUT2D eigenvalue weighted by Gasteiger charge is -2.16. The second kappa shape index (κ2) is 6.68. The number of rotatable bonds is 7. The molecular formula is C13H19N3OS. The minimum atomic E-state index is 0.865. The predicted octanol–water partition coefficient (Wildman–Crippen LogP) is 2.27. The molecule has 0 aromatic carbocycles. The highest BCUT2D eigenvalue weighted by atomic mass is 32.1. The van der Waals surface area contributed by atoms with Gasteiger partial charge in [0.1, 0.15) is 0 Å². The van der Waals surface area contributed by atoms with Gasteiger partial charge >= 0.3 is 0 Å². The molecule has 2 heterocycles. The Labute approximate surface area is 112 Å². The number of likely N-dealkylation sites (N-methyl/N-ethyl adjacent to an activating group) is 1. The summed E-state index contributed by atoms with van der Waals surface area (Å²) in [5.41, 5.74) is 4.25. The van der Waals surface area contributed by atoms with E-state index in [4.69, 9.17) is 4.42 Å². The molecule has 4 nitrogen and oxygen atoms in total. The molecule has 18 heavy (non-hydrogen) atoms. The summed E-state index contributed by atoms with van der Waals surface area (Å²) >= 11 is 1.73. The molecule has 2 rings (SSSR count). The minimum absolute atomic E-state index is 0.865. The van der Waals surface area contributed by atoms with E-state index in [1.165, 1.54) is 10.4 Å². The number of thiazole rings is 1. The Balaban J connectivity index is 1.63. The molecule has 0 amide bonds. The molecule has 0 aliphatic carbocycles. The van der Waals surface area contributed by atoms with Crippen molar-refractivity contribution in [2.24, 2.45) is 0 Å². The first-order valence-corrected chi connectivity index (χ1v) is 6.93. The fourth-order valence-corrected chi connectivity index (χ4v) is 2.55. The van der Waals surface area contributed by atoms with Crippen molar-refractivity contribution in [1.29, 1.82) is 0 Å². The van der Waals surface area contributed by atoms with Gasteiger partial charge in [-0.3, -0.25) is 4.90 Å². The third-order valence-corrected chi connectivity index (χ3v) is 3.76. The molecule has 0 radical (unpaired) electrons. The zero-order valence-corrected chi connectivity index (χ0v) is 11.7. The summed E-state index contributed by atoms with van der Waals surface area (Å²) in [6, 6.07) is 1.98. The first-order chi connectivity index (χ1) is 8.75. The van der Waals surface area contributed by atoms with E-state index in [0.29, 0.717) is 0 Å². The second-order valence-electron chi connectivity index (χ2n) is 4.41. The zero-order chi connectivity index (χ0) is 12.8. The first-order valence-electron chi connectivity index (χ1n) is 6.05. The van der Waals surface area contributed by atoms with Crippen LogP contribution in [0.4, 0.5) is 0 Å². The van der Waals surface area contributed by atoms with Crippen molar-refractivity contribution in [3.8, 4) is 0 Å². The number of aryl methyl sites for hydroxylation is 1. The summed E-state index contributed by atoms with van der Waals surface area (Å²) in [5, 5.41) is 3.40. The Kier molecular flexibility index (Phi) is 4.92. The fourth-order valence-electron chi connectivity index (χ4n) is 1.70. The lowest BCUT2D eigenvalue weighted by atomic mass is 10.3. The van der Waals surface area contributed by atoms with E-state index >= 15 is 0 Å². The second-order valence-corrected chi connectivity index (χ2v) is 5.35. The molecule has 98 valence electrons. The van der Waals surface area contributed by atoms with Crippen LogP contribution in [0, 0.1) is 6.92 Å². The Morgan fingerprint density at radius 2 is 2.39 bits per heavy atom. The molecule has 0 saturated heterocycles. The largest absolute Gasteiger partial charge is 0.472 e. The number of aromatic nitrogens is 1. The molecule has 0 aliphatic rings. The first kappa shape index (κ1) is 13.3. The highest BCUT2D eigenvalue weighted by molar-refractivity contribution is 7.09. The third-order valence-electron chi connectivity index (χ3n) is 2.84. The molecule has 0 aliphatic heterocycles. The maximum atomic E-state index is 5.02. The van der Waals surface area contributed by atoms with Crippen molar-refractivity contribution in [3.05, 3.63) is 40.2 Å². The highest BCUT2D eigenvalue weighted by Crippen LogP contribution is 2.13. The average molecular weight is 265 g/mol. The van der Waals surface area contributed by atoms with Crippen LogP contribution in [0.3, 0.4) is 0 Å². The van der Waals surface area contributed by atoms with E-state index in [0.717, 1.165) is 31.9 Å². The van der Waals surface area contributed by atoms with E-state index in [-0.39, 0.29) is 0 Å². The highest BCUT2D eigenvalue weighted by Gasteiger charge is 2.05.